The largest absolute Gasteiger partial charge is 0.354 e. The molecule has 0 bridgehead atoms. The number of nitrogens with zero attached hydrogens (tertiary/aromatic N) is 2. The molecule has 0 aromatic carbocycles. The predicted octanol–water partition coefficient (Wildman–Crippen LogP) is 0.816. The number of carbonyl (C=O) groups excluding carboxylic acids is 1. The molecule has 0 aliphatic carbocycles. The third-order valence-corrected chi connectivity index (χ3v) is 4.19. The molecular weight excluding hydrogens is 240 g/mol. The number of nitrogens with two attached hydrogens (primary N) is 1. The number of fused-ring (bicyclic) bond motifs is 1. The van der Waals surface area contributed by atoms with E-state index in [1.54, 1.807) is 0 Å². The average molecular weight is 260 g/mol. The predicted molar refractivity (Wildman–Crippen MR) is 73.7 cm³/mol. The molecular formula is C14H20N4O. The molecule has 5 heteroatoms. The number of anilines is 1. The van der Waals surface area contributed by atoms with Crippen molar-refractivity contribution >= 4 is 11.7 Å². The molecule has 2 fully saturated rings. The average Bonchev–Trinajstić information content (AvgIpc) is 2.81. The third kappa shape index (κ3) is 2.18. The van der Waals surface area contributed by atoms with Crippen LogP contribution in [0.5, 0.6) is 0 Å². The van der Waals surface area contributed by atoms with Gasteiger partial charge in [0, 0.05) is 25.3 Å². The Labute approximate surface area is 113 Å². The van der Waals surface area contributed by atoms with E-state index in [0.717, 1.165) is 37.3 Å². The van der Waals surface area contributed by atoms with Crippen LogP contribution >= 0.6 is 0 Å². The van der Waals surface area contributed by atoms with E-state index in [9.17, 15) is 4.79 Å². The second-order valence-electron chi connectivity index (χ2n) is 5.49. The maximum absolute atomic E-state index is 11.8. The lowest BCUT2D eigenvalue weighted by atomic mass is 9.91. The number of amides is 1. The molecule has 3 rings (SSSR count). The van der Waals surface area contributed by atoms with Gasteiger partial charge in [0.05, 0.1) is 12.0 Å². The van der Waals surface area contributed by atoms with E-state index in [1.807, 2.05) is 25.3 Å². The maximum atomic E-state index is 11.8. The van der Waals surface area contributed by atoms with Crippen LogP contribution in [0.25, 0.3) is 0 Å². The molecule has 3 heterocycles. The summed E-state index contributed by atoms with van der Waals surface area (Å²) in [4.78, 5) is 18.5. The van der Waals surface area contributed by atoms with Crippen LogP contribution in [0, 0.1) is 5.92 Å². The minimum atomic E-state index is 0.00498. The van der Waals surface area contributed by atoms with Crippen molar-refractivity contribution in [3.8, 4) is 0 Å². The first-order valence-electron chi connectivity index (χ1n) is 6.92. The number of piperidine rings is 1. The summed E-state index contributed by atoms with van der Waals surface area (Å²) in [5.41, 5.74) is 6.88. The Morgan fingerprint density at radius 3 is 3.05 bits per heavy atom. The third-order valence-electron chi connectivity index (χ3n) is 4.19. The summed E-state index contributed by atoms with van der Waals surface area (Å²) in [7, 11) is 0. The van der Waals surface area contributed by atoms with Crippen molar-refractivity contribution in [2.75, 3.05) is 18.0 Å². The lowest BCUT2D eigenvalue weighted by Gasteiger charge is -2.36. The summed E-state index contributed by atoms with van der Waals surface area (Å²) < 4.78 is 0. The van der Waals surface area contributed by atoms with Gasteiger partial charge in [-0.3, -0.25) is 4.79 Å². The fourth-order valence-electron chi connectivity index (χ4n) is 3.07. The van der Waals surface area contributed by atoms with Gasteiger partial charge in [0.2, 0.25) is 5.91 Å². The van der Waals surface area contributed by atoms with Crippen LogP contribution in [0.15, 0.2) is 18.3 Å². The first-order chi connectivity index (χ1) is 9.16. The Hall–Kier alpha value is -1.62. The van der Waals surface area contributed by atoms with Crippen LogP contribution < -0.4 is 16.0 Å². The number of hydrogen-bond acceptors (Lipinski definition) is 4. The minimum absolute atomic E-state index is 0.00498. The second-order valence-corrected chi connectivity index (χ2v) is 5.49. The topological polar surface area (TPSA) is 71.2 Å². The molecule has 3 atom stereocenters. The van der Waals surface area contributed by atoms with Crippen LogP contribution in [-0.4, -0.2) is 30.0 Å². The van der Waals surface area contributed by atoms with Gasteiger partial charge in [0.25, 0.3) is 0 Å². The minimum Gasteiger partial charge on any atom is -0.354 e. The van der Waals surface area contributed by atoms with Gasteiger partial charge in [-0.1, -0.05) is 6.07 Å². The fourth-order valence-corrected chi connectivity index (χ4v) is 3.07. The molecule has 3 N–H and O–H groups in total. The maximum Gasteiger partial charge on any atom is 0.225 e. The van der Waals surface area contributed by atoms with Crippen LogP contribution in [0.4, 0.5) is 5.82 Å². The van der Waals surface area contributed by atoms with Crippen molar-refractivity contribution in [1.82, 2.24) is 10.3 Å². The Morgan fingerprint density at radius 2 is 2.37 bits per heavy atom. The van der Waals surface area contributed by atoms with Crippen LogP contribution in [-0.2, 0) is 4.79 Å². The highest BCUT2D eigenvalue weighted by molar-refractivity contribution is 5.83. The van der Waals surface area contributed by atoms with Crippen molar-refractivity contribution < 1.29 is 4.79 Å². The number of nitrogens with one attached hydrogen (secondary N) is 1. The van der Waals surface area contributed by atoms with Gasteiger partial charge in [-0.25, -0.2) is 4.98 Å². The molecule has 1 aromatic rings. The SMILES string of the molecule is CC(N)c1ccc(N2CCCC3C(=O)NCC32)nc1. The molecule has 0 saturated carbocycles. The van der Waals surface area contributed by atoms with Gasteiger partial charge in [0.15, 0.2) is 0 Å². The normalized spacial score (nSPS) is 27.9. The Bertz CT molecular complexity index is 471. The molecule has 5 nitrogen and oxygen atoms in total. The van der Waals surface area contributed by atoms with Crippen molar-refractivity contribution in [3.63, 3.8) is 0 Å². The van der Waals surface area contributed by atoms with Gasteiger partial charge in [0.1, 0.15) is 5.82 Å². The zero-order chi connectivity index (χ0) is 13.4. The molecule has 2 aliphatic rings. The molecule has 102 valence electrons. The Kier molecular flexibility index (Phi) is 3.14. The van der Waals surface area contributed by atoms with E-state index in [0.29, 0.717) is 0 Å². The van der Waals surface area contributed by atoms with Crippen LogP contribution in [0.2, 0.25) is 0 Å². The van der Waals surface area contributed by atoms with Gasteiger partial charge in [-0.2, -0.15) is 0 Å². The van der Waals surface area contributed by atoms with E-state index in [2.05, 4.69) is 15.2 Å². The molecule has 1 amide bonds. The highest BCUT2D eigenvalue weighted by Crippen LogP contribution is 2.30. The highest BCUT2D eigenvalue weighted by Gasteiger charge is 2.41. The first-order valence-corrected chi connectivity index (χ1v) is 6.92. The smallest absolute Gasteiger partial charge is 0.225 e. The summed E-state index contributed by atoms with van der Waals surface area (Å²) >= 11 is 0. The van der Waals surface area contributed by atoms with Gasteiger partial charge in [-0.05, 0) is 31.4 Å². The number of aromatic nitrogens is 1. The fraction of sp³-hybridized carbons (Fsp3) is 0.571. The number of carbonyl (C=O) groups is 1. The Morgan fingerprint density at radius 1 is 1.53 bits per heavy atom. The van der Waals surface area contributed by atoms with Crippen molar-refractivity contribution in [2.24, 2.45) is 11.7 Å². The monoisotopic (exact) mass is 260 g/mol. The molecule has 1 aromatic heterocycles. The number of pyridine rings is 1. The first kappa shape index (κ1) is 12.4. The zero-order valence-electron chi connectivity index (χ0n) is 11.2. The number of hydrogen-bond donors (Lipinski definition) is 2. The lowest BCUT2D eigenvalue weighted by molar-refractivity contribution is -0.122. The molecule has 2 saturated heterocycles. The molecule has 0 spiro atoms. The van der Waals surface area contributed by atoms with E-state index < -0.39 is 0 Å². The van der Waals surface area contributed by atoms with Gasteiger partial charge >= 0.3 is 0 Å². The van der Waals surface area contributed by atoms with Crippen LogP contribution in [0.3, 0.4) is 0 Å². The lowest BCUT2D eigenvalue weighted by Crippen LogP contribution is -2.46. The molecule has 19 heavy (non-hydrogen) atoms. The van der Waals surface area contributed by atoms with Crippen molar-refractivity contribution in [1.29, 1.82) is 0 Å². The zero-order valence-corrected chi connectivity index (χ0v) is 11.2. The van der Waals surface area contributed by atoms with Crippen molar-refractivity contribution in [3.05, 3.63) is 23.9 Å². The van der Waals surface area contributed by atoms with E-state index in [4.69, 9.17) is 5.73 Å². The van der Waals surface area contributed by atoms with Gasteiger partial charge in [-0.15, -0.1) is 0 Å². The van der Waals surface area contributed by atoms with E-state index in [1.165, 1.54) is 0 Å². The van der Waals surface area contributed by atoms with Crippen LogP contribution in [0.1, 0.15) is 31.4 Å². The standard InChI is InChI=1S/C14H20N4O/c1-9(15)10-4-5-13(16-7-10)18-6-2-3-11-12(18)8-17-14(11)19/h4-5,7,9,11-12H,2-3,6,8,15H2,1H3,(H,17,19). The summed E-state index contributed by atoms with van der Waals surface area (Å²) in [5.74, 6) is 1.28. The summed E-state index contributed by atoms with van der Waals surface area (Å²) in [6, 6.07) is 4.31. The van der Waals surface area contributed by atoms with E-state index >= 15 is 0 Å². The highest BCUT2D eigenvalue weighted by atomic mass is 16.2. The Balaban J connectivity index is 1.83. The number of rotatable bonds is 2. The summed E-state index contributed by atoms with van der Waals surface area (Å²) in [5, 5.41) is 2.96. The van der Waals surface area contributed by atoms with Crippen molar-refractivity contribution in [2.45, 2.75) is 31.8 Å². The molecule has 3 unspecified atom stereocenters. The molecule has 2 aliphatic heterocycles. The van der Waals surface area contributed by atoms with Gasteiger partial charge < -0.3 is 16.0 Å². The quantitative estimate of drug-likeness (QED) is 0.825. The summed E-state index contributed by atoms with van der Waals surface area (Å²) in [6.07, 6.45) is 3.88. The second kappa shape index (κ2) is 4.81. The molecule has 0 radical (unpaired) electrons. The van der Waals surface area contributed by atoms with E-state index in [-0.39, 0.29) is 23.9 Å². The summed E-state index contributed by atoms with van der Waals surface area (Å²) in [6.45, 7) is 3.66.